The normalized spacial score (nSPS) is 12.9. The summed E-state index contributed by atoms with van der Waals surface area (Å²) in [6.07, 6.45) is 1.77. The van der Waals surface area contributed by atoms with E-state index in [2.05, 4.69) is 40.8 Å². The van der Waals surface area contributed by atoms with E-state index in [0.29, 0.717) is 11.9 Å². The lowest BCUT2D eigenvalue weighted by Gasteiger charge is -2.04. The highest BCUT2D eigenvalue weighted by molar-refractivity contribution is 7.13. The van der Waals surface area contributed by atoms with E-state index in [9.17, 15) is 0 Å². The summed E-state index contributed by atoms with van der Waals surface area (Å²) in [4.78, 5) is 5.54. The van der Waals surface area contributed by atoms with Gasteiger partial charge in [-0.1, -0.05) is 12.1 Å². The van der Waals surface area contributed by atoms with Crippen molar-refractivity contribution in [3.8, 4) is 10.8 Å². The number of rotatable bonds is 5. The van der Waals surface area contributed by atoms with Gasteiger partial charge >= 0.3 is 0 Å². The Morgan fingerprint density at radius 1 is 1.53 bits per heavy atom. The molecule has 0 fully saturated rings. The van der Waals surface area contributed by atoms with Crippen molar-refractivity contribution < 1.29 is 4.52 Å². The molecule has 0 aliphatic carbocycles. The lowest BCUT2D eigenvalue weighted by atomic mass is 10.2. The molecule has 0 aliphatic heterocycles. The van der Waals surface area contributed by atoms with Gasteiger partial charge in [-0.3, -0.25) is 0 Å². The Kier molecular flexibility index (Phi) is 3.91. The second kappa shape index (κ2) is 5.42. The van der Waals surface area contributed by atoms with Gasteiger partial charge in [-0.2, -0.15) is 4.98 Å². The van der Waals surface area contributed by atoms with E-state index in [-0.39, 0.29) is 0 Å². The number of aryl methyl sites for hydroxylation is 1. The zero-order chi connectivity index (χ0) is 12.3. The monoisotopic (exact) mass is 251 g/mol. The molecular formula is C12H17N3OS. The van der Waals surface area contributed by atoms with Crippen LogP contribution in [0.4, 0.5) is 0 Å². The first-order valence-corrected chi connectivity index (χ1v) is 6.69. The molecule has 2 rings (SSSR count). The first kappa shape index (κ1) is 12.3. The number of nitrogens with zero attached hydrogens (tertiary/aromatic N) is 2. The van der Waals surface area contributed by atoms with Gasteiger partial charge in [0.25, 0.3) is 5.89 Å². The molecule has 2 heterocycles. The highest BCUT2D eigenvalue weighted by atomic mass is 32.1. The molecule has 0 bridgehead atoms. The molecule has 2 aromatic heterocycles. The Bertz CT molecular complexity index is 478. The van der Waals surface area contributed by atoms with Crippen LogP contribution in [0.2, 0.25) is 0 Å². The van der Waals surface area contributed by atoms with E-state index < -0.39 is 0 Å². The van der Waals surface area contributed by atoms with E-state index in [1.54, 1.807) is 11.3 Å². The lowest BCUT2D eigenvalue weighted by molar-refractivity contribution is 0.418. The molecule has 5 heteroatoms. The molecule has 1 N–H and O–H groups in total. The molecule has 0 aromatic carbocycles. The van der Waals surface area contributed by atoms with Crippen LogP contribution in [0.3, 0.4) is 0 Å². The second-order valence-corrected chi connectivity index (χ2v) is 4.95. The van der Waals surface area contributed by atoms with Crippen LogP contribution in [0.1, 0.15) is 25.2 Å². The summed E-state index contributed by atoms with van der Waals surface area (Å²) in [5.41, 5.74) is 1.27. The van der Waals surface area contributed by atoms with Crippen molar-refractivity contribution in [1.82, 2.24) is 15.5 Å². The van der Waals surface area contributed by atoms with E-state index >= 15 is 0 Å². The SMILES string of the molecule is CCc1ccsc1-c1nc(CC(C)NC)no1. The Labute approximate surface area is 105 Å². The predicted molar refractivity (Wildman–Crippen MR) is 69.2 cm³/mol. The summed E-state index contributed by atoms with van der Waals surface area (Å²) in [6, 6.07) is 2.47. The van der Waals surface area contributed by atoms with Gasteiger partial charge in [0, 0.05) is 12.5 Å². The van der Waals surface area contributed by atoms with Crippen LogP contribution in [0.25, 0.3) is 10.8 Å². The van der Waals surface area contributed by atoms with Crippen LogP contribution in [-0.4, -0.2) is 23.2 Å². The highest BCUT2D eigenvalue weighted by Gasteiger charge is 2.14. The number of thiophene rings is 1. The Balaban J connectivity index is 2.18. The molecule has 92 valence electrons. The maximum Gasteiger partial charge on any atom is 0.268 e. The summed E-state index contributed by atoms with van der Waals surface area (Å²) in [6.45, 7) is 4.23. The third-order valence-corrected chi connectivity index (χ3v) is 3.72. The molecule has 0 amide bonds. The molecule has 1 unspecified atom stereocenters. The van der Waals surface area contributed by atoms with Crippen LogP contribution >= 0.6 is 11.3 Å². The fraction of sp³-hybridized carbons (Fsp3) is 0.500. The zero-order valence-corrected chi connectivity index (χ0v) is 11.2. The van der Waals surface area contributed by atoms with E-state index in [4.69, 9.17) is 4.52 Å². The zero-order valence-electron chi connectivity index (χ0n) is 10.4. The first-order chi connectivity index (χ1) is 8.24. The molecule has 0 aliphatic rings. The van der Waals surface area contributed by atoms with Crippen molar-refractivity contribution in [2.75, 3.05) is 7.05 Å². The van der Waals surface area contributed by atoms with Crippen molar-refractivity contribution in [1.29, 1.82) is 0 Å². The summed E-state index contributed by atoms with van der Waals surface area (Å²) >= 11 is 1.65. The maximum absolute atomic E-state index is 5.32. The van der Waals surface area contributed by atoms with E-state index in [1.807, 2.05) is 7.05 Å². The highest BCUT2D eigenvalue weighted by Crippen LogP contribution is 2.28. The average molecular weight is 251 g/mol. The minimum Gasteiger partial charge on any atom is -0.333 e. The van der Waals surface area contributed by atoms with Gasteiger partial charge in [0.15, 0.2) is 5.82 Å². The Morgan fingerprint density at radius 2 is 2.35 bits per heavy atom. The van der Waals surface area contributed by atoms with Crippen molar-refractivity contribution >= 4 is 11.3 Å². The second-order valence-electron chi connectivity index (χ2n) is 4.04. The van der Waals surface area contributed by atoms with Crippen molar-refractivity contribution in [3.63, 3.8) is 0 Å². The number of hydrogen-bond acceptors (Lipinski definition) is 5. The van der Waals surface area contributed by atoms with Gasteiger partial charge in [0.2, 0.25) is 0 Å². The Hall–Kier alpha value is -1.20. The van der Waals surface area contributed by atoms with Crippen LogP contribution in [0.5, 0.6) is 0 Å². The summed E-state index contributed by atoms with van der Waals surface area (Å²) in [5.74, 6) is 1.41. The third kappa shape index (κ3) is 2.73. The summed E-state index contributed by atoms with van der Waals surface area (Å²) < 4.78 is 5.32. The number of likely N-dealkylation sites (N-methyl/N-ethyl adjacent to an activating group) is 1. The number of nitrogens with one attached hydrogen (secondary N) is 1. The van der Waals surface area contributed by atoms with Gasteiger partial charge in [-0.25, -0.2) is 0 Å². The number of aromatic nitrogens is 2. The fourth-order valence-electron chi connectivity index (χ4n) is 1.61. The molecule has 1 atom stereocenters. The molecule has 17 heavy (non-hydrogen) atoms. The van der Waals surface area contributed by atoms with Gasteiger partial charge < -0.3 is 9.84 Å². The van der Waals surface area contributed by atoms with Crippen LogP contribution in [0, 0.1) is 0 Å². The topological polar surface area (TPSA) is 51.0 Å². The van der Waals surface area contributed by atoms with E-state index in [0.717, 1.165) is 23.5 Å². The minimum absolute atomic E-state index is 0.356. The van der Waals surface area contributed by atoms with Crippen LogP contribution in [-0.2, 0) is 12.8 Å². The van der Waals surface area contributed by atoms with Gasteiger partial charge in [-0.15, -0.1) is 11.3 Å². The molecule has 2 aromatic rings. The fourth-order valence-corrected chi connectivity index (χ4v) is 2.52. The summed E-state index contributed by atoms with van der Waals surface area (Å²) in [7, 11) is 1.93. The van der Waals surface area contributed by atoms with Crippen molar-refractivity contribution in [3.05, 3.63) is 22.8 Å². The van der Waals surface area contributed by atoms with Gasteiger partial charge in [-0.05, 0) is 37.4 Å². The molecule has 0 spiro atoms. The minimum atomic E-state index is 0.356. The summed E-state index contributed by atoms with van der Waals surface area (Å²) in [5, 5.41) is 9.24. The Morgan fingerprint density at radius 3 is 3.06 bits per heavy atom. The largest absolute Gasteiger partial charge is 0.333 e. The molecule has 0 radical (unpaired) electrons. The quantitative estimate of drug-likeness (QED) is 0.887. The van der Waals surface area contributed by atoms with Crippen LogP contribution in [0.15, 0.2) is 16.0 Å². The molecular weight excluding hydrogens is 234 g/mol. The maximum atomic E-state index is 5.32. The van der Waals surface area contributed by atoms with Crippen LogP contribution < -0.4 is 5.32 Å². The standard InChI is InChI=1S/C12H17N3OS/c1-4-9-5-6-17-11(9)12-14-10(15-16-12)7-8(2)13-3/h5-6,8,13H,4,7H2,1-3H3. The first-order valence-electron chi connectivity index (χ1n) is 5.81. The van der Waals surface area contributed by atoms with Crippen molar-refractivity contribution in [2.24, 2.45) is 0 Å². The third-order valence-electron chi connectivity index (χ3n) is 2.77. The lowest BCUT2D eigenvalue weighted by Crippen LogP contribution is -2.24. The smallest absolute Gasteiger partial charge is 0.268 e. The van der Waals surface area contributed by atoms with Gasteiger partial charge in [0.1, 0.15) is 0 Å². The van der Waals surface area contributed by atoms with Gasteiger partial charge in [0.05, 0.1) is 4.88 Å². The van der Waals surface area contributed by atoms with E-state index in [1.165, 1.54) is 5.56 Å². The molecule has 4 nitrogen and oxygen atoms in total. The van der Waals surface area contributed by atoms with Crippen molar-refractivity contribution in [2.45, 2.75) is 32.7 Å². The molecule has 0 saturated heterocycles. The number of hydrogen-bond donors (Lipinski definition) is 1. The molecule has 0 saturated carbocycles. The average Bonchev–Trinajstić information content (AvgIpc) is 2.95. The predicted octanol–water partition coefficient (Wildman–Crippen LogP) is 2.51.